The highest BCUT2D eigenvalue weighted by Gasteiger charge is 2.45. The fourth-order valence-corrected chi connectivity index (χ4v) is 15.4. The number of nitrogens with one attached hydrogen (secondary N) is 3. The minimum absolute atomic E-state index is 0.0765. The van der Waals surface area contributed by atoms with Gasteiger partial charge in [-0.3, -0.25) is 43.2 Å². The van der Waals surface area contributed by atoms with Gasteiger partial charge in [0.15, 0.2) is 34.0 Å². The average Bonchev–Trinajstić information content (AvgIpc) is 1.61. The molecule has 98 heavy (non-hydrogen) atoms. The Morgan fingerprint density at radius 1 is 0.633 bits per heavy atom. The van der Waals surface area contributed by atoms with Crippen molar-refractivity contribution in [1.29, 1.82) is 0 Å². The number of aliphatic hydroxyl groups excluding tert-OH is 2. The lowest BCUT2D eigenvalue weighted by Crippen LogP contribution is -2.26. The lowest BCUT2D eigenvalue weighted by Gasteiger charge is -2.19. The van der Waals surface area contributed by atoms with E-state index in [1.54, 1.807) is 38.1 Å². The number of phosphoric acid groups is 6. The number of phosphoric ester groups is 2. The second kappa shape index (κ2) is 33.5. The number of aliphatic hydroxyl groups is 2. The molecule has 0 spiro atoms. The molecule has 0 saturated carbocycles. The lowest BCUT2D eigenvalue weighted by atomic mass is 10.0. The first kappa shape index (κ1) is 78.4. The predicted octanol–water partition coefficient (Wildman–Crippen LogP) is 3.10. The number of aromatic nitrogens is 8. The summed E-state index contributed by atoms with van der Waals surface area (Å²) in [6.45, 7) is 2.36. The maximum Gasteiger partial charge on any atom is 0.490 e. The number of nitrogens with zero attached hydrogens (tertiary/aromatic N) is 10. The summed E-state index contributed by atoms with van der Waals surface area (Å²) >= 11 is 0. The number of amides is 1. The van der Waals surface area contributed by atoms with Crippen molar-refractivity contribution < 1.29 is 127 Å². The number of nitrogens with two attached hydrogens (primary N) is 2. The van der Waals surface area contributed by atoms with Crippen LogP contribution >= 0.6 is 46.9 Å². The summed E-state index contributed by atoms with van der Waals surface area (Å²) in [6, 6.07) is 7.68. The highest BCUT2D eigenvalue weighted by molar-refractivity contribution is 7.67. The van der Waals surface area contributed by atoms with Crippen LogP contribution in [0.3, 0.4) is 0 Å². The number of unbranched alkanes of at least 4 members (excludes halogenated alkanes) is 2. The second-order valence-electron chi connectivity index (χ2n) is 20.7. The fourth-order valence-electron chi connectivity index (χ4n) is 9.34. The van der Waals surface area contributed by atoms with E-state index < -0.39 is 119 Å². The molecule has 2 aliphatic rings. The molecule has 1 amide bonds. The van der Waals surface area contributed by atoms with Crippen molar-refractivity contribution in [3.63, 3.8) is 0 Å². The van der Waals surface area contributed by atoms with E-state index in [2.05, 4.69) is 95.8 Å². The Morgan fingerprint density at radius 2 is 1.06 bits per heavy atom. The van der Waals surface area contributed by atoms with Crippen molar-refractivity contribution in [2.75, 3.05) is 43.5 Å². The molecule has 2 fully saturated rings. The summed E-state index contributed by atoms with van der Waals surface area (Å²) in [5.74, 6) is 11.3. The molecule has 12 atom stereocenters. The van der Waals surface area contributed by atoms with Gasteiger partial charge in [-0.05, 0) is 57.5 Å². The van der Waals surface area contributed by atoms with Crippen molar-refractivity contribution in [2.45, 2.75) is 101 Å². The topological polar surface area (TPSA) is 657 Å². The van der Waals surface area contributed by atoms with Crippen LogP contribution in [0, 0.1) is 43.9 Å². The highest BCUT2D eigenvalue weighted by atomic mass is 31.3. The SMILES string of the molecule is CC(Nc1ncnc2c1ncn2[C@H]1C[C@@H](O)[C@@H](COP(=O)(O)OP(=O)(O)OP(=O)(O)O)O1)c1ccc(C#CCN)cc1[N+](=O)[O-].CC(Nc1ncnc2c1ncn2[C@H]1C[C@@H](O)[C@@H](COP(=O)(O)OP(=O)(O)OP(=O)(O)O)O1)c1ccc(C#CCNC(=O)CCCCCN)cc1[N+](=O)[O-]. The number of rotatable bonds is 30. The number of benzene rings is 2. The van der Waals surface area contributed by atoms with Crippen LogP contribution in [0.4, 0.5) is 23.0 Å². The molecule has 44 nitrogen and oxygen atoms in total. The number of nitro groups is 2. The van der Waals surface area contributed by atoms with Gasteiger partial charge in [0.25, 0.3) is 11.4 Å². The Kier molecular flexibility index (Phi) is 26.8. The molecular formula is C48H63N15O29P6. The van der Waals surface area contributed by atoms with Gasteiger partial charge in [0.05, 0.1) is 84.2 Å². The zero-order valence-corrected chi connectivity index (χ0v) is 56.1. The first-order chi connectivity index (χ1) is 45.9. The zero-order valence-electron chi connectivity index (χ0n) is 50.7. The molecule has 4 aromatic heterocycles. The van der Waals surface area contributed by atoms with Crippen LogP contribution in [-0.4, -0.2) is 161 Å². The third-order valence-electron chi connectivity index (χ3n) is 13.5. The quantitative estimate of drug-likeness (QED) is 0.0101. The molecule has 2 aromatic carbocycles. The summed E-state index contributed by atoms with van der Waals surface area (Å²) in [5, 5.41) is 53.6. The van der Waals surface area contributed by atoms with Crippen molar-refractivity contribution >= 4 is 98.2 Å². The molecule has 2 aliphatic heterocycles. The Hall–Kier alpha value is -6.89. The monoisotopic (exact) mass is 1500 g/mol. The van der Waals surface area contributed by atoms with Crippen LogP contribution in [0.1, 0.15) is 99.2 Å². The third-order valence-corrected chi connectivity index (χ3v) is 21.1. The predicted molar refractivity (Wildman–Crippen MR) is 333 cm³/mol. The van der Waals surface area contributed by atoms with Gasteiger partial charge in [0.1, 0.15) is 37.3 Å². The van der Waals surface area contributed by atoms with E-state index in [-0.39, 0.29) is 77.2 Å². The van der Waals surface area contributed by atoms with Crippen LogP contribution < -0.4 is 27.4 Å². The van der Waals surface area contributed by atoms with E-state index >= 15 is 0 Å². The maximum atomic E-state index is 12.1. The molecule has 0 aliphatic carbocycles. The standard InChI is InChI=1S/C27H37N8O15P3.C21H26N7O14P3/c1-17(19-9-8-18(12-20(19)35(38)39)6-5-11-29-23(37)7-3-2-4-10-28)33-26-25-27(31-15-30-26)34(16-32-25)24-13-21(36)22(48-24)14-47-52(43,44)50-53(45,46)49-51(40,41)42;1-12(14-5-4-13(3-2-6-22)7-15(14)28(30)31)26-20-19-21(24-10-23-20)27(11-25-19)18-8-16(29)17(40-18)9-39-44(35,36)42-45(37,38)41-43(32,33)34/h8-9,12,15-17,21-22,24,36H,2-4,7,10-11,13-14,28H2,1H3,(H,29,37)(H,43,44)(H,45,46)(H,30,31,33)(H2,40,41,42);4-5,7,10-12,16-18,29H,6,8-9,22H2,1H3,(H,35,36)(H,37,38)(H,23,24,26)(H2,32,33,34)/t17?,21-,22-,24-;12?,16-,17-,18-/m11/s1. The van der Waals surface area contributed by atoms with Gasteiger partial charge in [-0.1, -0.05) is 30.1 Å². The molecular weight excluding hydrogens is 1440 g/mol. The number of fused-ring (bicyclic) bond motifs is 2. The molecule has 6 unspecified atom stereocenters. The van der Waals surface area contributed by atoms with Crippen molar-refractivity contribution in [3.8, 4) is 23.7 Å². The van der Waals surface area contributed by atoms with Crippen LogP contribution in [0.2, 0.25) is 0 Å². The van der Waals surface area contributed by atoms with Gasteiger partial charge in [-0.25, -0.2) is 57.3 Å². The number of imidazole rings is 2. The minimum atomic E-state index is -5.74. The summed E-state index contributed by atoms with van der Waals surface area (Å²) < 4.78 is 107. The Balaban J connectivity index is 0.000000280. The van der Waals surface area contributed by atoms with Crippen molar-refractivity contribution in [2.24, 2.45) is 11.5 Å². The van der Waals surface area contributed by atoms with Crippen LogP contribution in [-0.2, 0) is 67.9 Å². The number of ether oxygens (including phenoxy) is 2. The largest absolute Gasteiger partial charge is 0.490 e. The smallest absolute Gasteiger partial charge is 0.390 e. The maximum absolute atomic E-state index is 12.1. The van der Waals surface area contributed by atoms with E-state index in [1.165, 1.54) is 46.6 Å². The minimum Gasteiger partial charge on any atom is -0.390 e. The van der Waals surface area contributed by atoms with Gasteiger partial charge in [-0.15, -0.1) is 0 Å². The number of nitro benzene ring substituents is 2. The first-order valence-electron chi connectivity index (χ1n) is 28.2. The number of carbonyl (C=O) groups excluding carboxylic acids is 1. The van der Waals surface area contributed by atoms with Crippen LogP contribution in [0.15, 0.2) is 61.7 Å². The first-order valence-corrected chi connectivity index (χ1v) is 37.2. The average molecular weight is 1500 g/mol. The van der Waals surface area contributed by atoms with Crippen LogP contribution in [0.5, 0.6) is 0 Å². The molecule has 6 heterocycles. The summed E-state index contributed by atoms with van der Waals surface area (Å²) in [7, 11) is -33.5. The molecule has 0 bridgehead atoms. The van der Waals surface area contributed by atoms with E-state index in [1.807, 2.05) is 0 Å². The van der Waals surface area contributed by atoms with Crippen molar-refractivity contribution in [1.82, 2.24) is 44.4 Å². The van der Waals surface area contributed by atoms with Gasteiger partial charge >= 0.3 is 46.9 Å². The Morgan fingerprint density at radius 3 is 1.46 bits per heavy atom. The molecule has 50 heteroatoms. The zero-order chi connectivity index (χ0) is 72.1. The highest BCUT2D eigenvalue weighted by Crippen LogP contribution is 2.67. The molecule has 8 rings (SSSR count). The van der Waals surface area contributed by atoms with Gasteiger partial charge < -0.3 is 86.3 Å². The summed E-state index contributed by atoms with van der Waals surface area (Å²) in [6.07, 6.45) is 0.515. The van der Waals surface area contributed by atoms with Gasteiger partial charge in [0, 0.05) is 42.5 Å². The Labute approximate surface area is 552 Å². The van der Waals surface area contributed by atoms with E-state index in [9.17, 15) is 82.2 Å². The summed E-state index contributed by atoms with van der Waals surface area (Å²) in [4.78, 5) is 133. The third kappa shape index (κ3) is 22.8. The number of hydrogen-bond donors (Lipinski definition) is 15. The van der Waals surface area contributed by atoms with E-state index in [0.717, 1.165) is 19.3 Å². The molecule has 17 N–H and O–H groups in total. The van der Waals surface area contributed by atoms with E-state index in [4.69, 9.17) is 40.5 Å². The van der Waals surface area contributed by atoms with E-state index in [0.29, 0.717) is 35.2 Å². The number of carbonyl (C=O) groups is 1. The lowest BCUT2D eigenvalue weighted by molar-refractivity contribution is -0.385. The van der Waals surface area contributed by atoms with Crippen LogP contribution in [0.25, 0.3) is 22.3 Å². The van der Waals surface area contributed by atoms with Crippen molar-refractivity contribution in [3.05, 3.63) is 104 Å². The molecule has 534 valence electrons. The Bertz CT molecular complexity index is 4330. The molecule has 6 aromatic rings. The number of hydrogen-bond acceptors (Lipinski definition) is 31. The molecule has 2 saturated heterocycles. The van der Waals surface area contributed by atoms with Gasteiger partial charge in [-0.2, -0.15) is 17.2 Å². The summed E-state index contributed by atoms with van der Waals surface area (Å²) in [5.41, 5.74) is 12.8. The number of anilines is 2. The fraction of sp³-hybridized carbons (Fsp3) is 0.438. The van der Waals surface area contributed by atoms with Gasteiger partial charge in [0.2, 0.25) is 5.91 Å². The second-order valence-corrected chi connectivity index (χ2v) is 29.5. The normalized spacial score (nSPS) is 20.9. The molecule has 0 radical (unpaired) electrons.